The Morgan fingerprint density at radius 3 is 2.05 bits per heavy atom. The number of hydrogen-bond donors (Lipinski definition) is 0. The van der Waals surface area contributed by atoms with Gasteiger partial charge in [-0.05, 0) is 38.6 Å². The van der Waals surface area contributed by atoms with Crippen LogP contribution in [0.4, 0.5) is 0 Å². The van der Waals surface area contributed by atoms with Crippen LogP contribution in [0.1, 0.15) is 24.0 Å². The minimum absolute atomic E-state index is 0.560. The molecule has 0 bridgehead atoms. The van der Waals surface area contributed by atoms with Gasteiger partial charge in [0.15, 0.2) is 0 Å². The van der Waals surface area contributed by atoms with Crippen LogP contribution >= 0.6 is 22.6 Å². The normalized spacial score (nSPS) is 21.3. The Hall–Kier alpha value is -1.35. The number of rotatable bonds is 0. The second-order valence-corrected chi connectivity index (χ2v) is 6.95. The van der Waals surface area contributed by atoms with Gasteiger partial charge in [0.2, 0.25) is 0 Å². The van der Waals surface area contributed by atoms with Crippen LogP contribution in [-0.2, 0) is 0 Å². The number of allylic oxidation sites excluding steroid dienone is 1. The molecule has 98 valence electrons. The number of halogens is 1. The average molecular weight is 370 g/mol. The smallest absolute Gasteiger partial charge is 0.0359 e. The van der Waals surface area contributed by atoms with Crippen molar-refractivity contribution >= 4 is 50.2 Å². The van der Waals surface area contributed by atoms with Gasteiger partial charge in [-0.15, -0.1) is 0 Å². The van der Waals surface area contributed by atoms with Crippen LogP contribution < -0.4 is 0 Å². The van der Waals surface area contributed by atoms with Crippen molar-refractivity contribution in [2.24, 2.45) is 0 Å². The quantitative estimate of drug-likeness (QED) is 0.262. The van der Waals surface area contributed by atoms with Crippen molar-refractivity contribution in [1.82, 2.24) is 0 Å². The average Bonchev–Trinajstić information content (AvgIpc) is 2.50. The molecule has 0 saturated heterocycles. The van der Waals surface area contributed by atoms with E-state index < -0.39 is 0 Å². The Morgan fingerprint density at radius 2 is 1.35 bits per heavy atom. The Bertz CT molecular complexity index is 845. The molecule has 0 fully saturated rings. The first kappa shape index (κ1) is 12.4. The topological polar surface area (TPSA) is 0 Å². The van der Waals surface area contributed by atoms with Crippen LogP contribution in [0.25, 0.3) is 27.6 Å². The molecule has 0 amide bonds. The molecule has 20 heavy (non-hydrogen) atoms. The van der Waals surface area contributed by atoms with E-state index in [1.54, 1.807) is 0 Å². The van der Waals surface area contributed by atoms with Gasteiger partial charge >= 0.3 is 0 Å². The maximum Gasteiger partial charge on any atom is 0.0359 e. The molecule has 4 rings (SSSR count). The minimum atomic E-state index is 0.560. The van der Waals surface area contributed by atoms with E-state index >= 15 is 0 Å². The van der Waals surface area contributed by atoms with Gasteiger partial charge in [0.25, 0.3) is 0 Å². The molecule has 0 nitrogen and oxygen atoms in total. The lowest BCUT2D eigenvalue weighted by Gasteiger charge is -2.26. The molecule has 3 aromatic rings. The van der Waals surface area contributed by atoms with Gasteiger partial charge in [-0.3, -0.25) is 0 Å². The largest absolute Gasteiger partial charge is 0.0774 e. The minimum Gasteiger partial charge on any atom is -0.0774 e. The molecule has 0 N–H and O–H groups in total. The van der Waals surface area contributed by atoms with Gasteiger partial charge in [0, 0.05) is 3.92 Å². The third-order valence-corrected chi connectivity index (χ3v) is 5.89. The number of hydrogen-bond acceptors (Lipinski definition) is 0. The number of fused-ring (bicyclic) bond motifs is 6. The van der Waals surface area contributed by atoms with E-state index in [2.05, 4.69) is 90.2 Å². The molecular formula is C19H15I. The summed E-state index contributed by atoms with van der Waals surface area (Å²) in [7, 11) is 0. The molecule has 0 radical (unpaired) electrons. The fraction of sp³-hybridized carbons (Fsp3) is 0.158. The fourth-order valence-electron chi connectivity index (χ4n) is 3.38. The van der Waals surface area contributed by atoms with Crippen molar-refractivity contribution in [3.8, 4) is 0 Å². The van der Waals surface area contributed by atoms with Crippen molar-refractivity contribution in [3.05, 3.63) is 65.7 Å². The molecular weight excluding hydrogens is 355 g/mol. The number of benzene rings is 3. The Labute approximate surface area is 132 Å². The summed E-state index contributed by atoms with van der Waals surface area (Å²) in [6.07, 6.45) is 4.66. The van der Waals surface area contributed by atoms with E-state index in [0.717, 1.165) is 0 Å². The van der Waals surface area contributed by atoms with E-state index in [1.807, 2.05) is 0 Å². The van der Waals surface area contributed by atoms with Gasteiger partial charge in [-0.25, -0.2) is 0 Å². The molecule has 1 heteroatoms. The second kappa shape index (κ2) is 4.59. The molecule has 0 saturated carbocycles. The standard InChI is InChI=1S/C19H15I/c1-12-18(20)11-10-17-15-8-3-2-6-13(15)14-7-4-5-9-16(14)19(12)17/h2-12,18H,1H3. The Morgan fingerprint density at radius 1 is 0.800 bits per heavy atom. The lowest BCUT2D eigenvalue weighted by atomic mass is 9.81. The lowest BCUT2D eigenvalue weighted by Crippen LogP contribution is -2.12. The molecule has 0 aliphatic heterocycles. The summed E-state index contributed by atoms with van der Waals surface area (Å²) in [6.45, 7) is 2.35. The molecule has 2 unspecified atom stereocenters. The Kier molecular flexibility index (Phi) is 2.84. The van der Waals surface area contributed by atoms with Crippen molar-refractivity contribution < 1.29 is 0 Å². The van der Waals surface area contributed by atoms with Gasteiger partial charge < -0.3 is 0 Å². The summed E-state index contributed by atoms with van der Waals surface area (Å²) >= 11 is 2.55. The third kappa shape index (κ3) is 1.65. The predicted molar refractivity (Wildman–Crippen MR) is 96.7 cm³/mol. The first-order chi connectivity index (χ1) is 9.77. The molecule has 1 aliphatic rings. The summed E-state index contributed by atoms with van der Waals surface area (Å²) in [5.74, 6) is 0.560. The van der Waals surface area contributed by atoms with Crippen LogP contribution in [0.2, 0.25) is 0 Å². The van der Waals surface area contributed by atoms with E-state index in [9.17, 15) is 0 Å². The van der Waals surface area contributed by atoms with Crippen molar-refractivity contribution in [3.63, 3.8) is 0 Å². The van der Waals surface area contributed by atoms with E-state index in [4.69, 9.17) is 0 Å². The fourth-order valence-corrected chi connectivity index (χ4v) is 3.95. The zero-order valence-electron chi connectivity index (χ0n) is 11.3. The van der Waals surface area contributed by atoms with E-state index in [-0.39, 0.29) is 0 Å². The summed E-state index contributed by atoms with van der Waals surface area (Å²) < 4.78 is 0.574. The predicted octanol–water partition coefficient (Wildman–Crippen LogP) is 5.93. The highest BCUT2D eigenvalue weighted by atomic mass is 127. The highest BCUT2D eigenvalue weighted by Crippen LogP contribution is 2.42. The number of alkyl halides is 1. The van der Waals surface area contributed by atoms with Crippen LogP contribution in [-0.4, -0.2) is 3.92 Å². The van der Waals surface area contributed by atoms with Crippen LogP contribution in [0.3, 0.4) is 0 Å². The van der Waals surface area contributed by atoms with Gasteiger partial charge in [-0.1, -0.05) is 90.2 Å². The van der Waals surface area contributed by atoms with Crippen molar-refractivity contribution in [2.45, 2.75) is 16.8 Å². The van der Waals surface area contributed by atoms with Gasteiger partial charge in [0.05, 0.1) is 0 Å². The molecule has 2 atom stereocenters. The molecule has 0 heterocycles. The monoisotopic (exact) mass is 370 g/mol. The Balaban J connectivity index is 2.28. The third-order valence-electron chi connectivity index (χ3n) is 4.39. The highest BCUT2D eigenvalue weighted by molar-refractivity contribution is 14.1. The highest BCUT2D eigenvalue weighted by Gasteiger charge is 2.24. The summed E-state index contributed by atoms with van der Waals surface area (Å²) in [5, 5.41) is 5.55. The zero-order chi connectivity index (χ0) is 13.7. The van der Waals surface area contributed by atoms with Crippen LogP contribution in [0.5, 0.6) is 0 Å². The van der Waals surface area contributed by atoms with E-state index in [1.165, 1.54) is 32.7 Å². The molecule has 3 aromatic carbocycles. The maximum atomic E-state index is 2.55. The first-order valence-electron chi connectivity index (χ1n) is 7.03. The SMILES string of the molecule is CC1c2c(c3ccccc3c3ccccc23)C=CC1I. The molecule has 1 aliphatic carbocycles. The van der Waals surface area contributed by atoms with E-state index in [0.29, 0.717) is 9.84 Å². The molecule has 0 aromatic heterocycles. The van der Waals surface area contributed by atoms with Crippen LogP contribution in [0, 0.1) is 0 Å². The summed E-state index contributed by atoms with van der Waals surface area (Å²) in [4.78, 5) is 0. The summed E-state index contributed by atoms with van der Waals surface area (Å²) in [5.41, 5.74) is 2.93. The first-order valence-corrected chi connectivity index (χ1v) is 8.27. The lowest BCUT2D eigenvalue weighted by molar-refractivity contribution is 0.816. The van der Waals surface area contributed by atoms with Gasteiger partial charge in [-0.2, -0.15) is 0 Å². The second-order valence-electron chi connectivity index (χ2n) is 5.51. The zero-order valence-corrected chi connectivity index (χ0v) is 13.5. The van der Waals surface area contributed by atoms with Gasteiger partial charge in [0.1, 0.15) is 0 Å². The van der Waals surface area contributed by atoms with Crippen molar-refractivity contribution in [2.75, 3.05) is 0 Å². The summed E-state index contributed by atoms with van der Waals surface area (Å²) in [6, 6.07) is 17.6. The molecule has 0 spiro atoms. The maximum absolute atomic E-state index is 2.55. The van der Waals surface area contributed by atoms with Crippen LogP contribution in [0.15, 0.2) is 54.6 Å². The van der Waals surface area contributed by atoms with Crippen molar-refractivity contribution in [1.29, 1.82) is 0 Å².